The molecule has 1 unspecified atom stereocenters. The molecule has 1 heterocycles. The number of hydrogen-bond donors (Lipinski definition) is 2. The minimum atomic E-state index is -4.68. The van der Waals surface area contributed by atoms with Crippen molar-refractivity contribution in [1.82, 2.24) is 5.32 Å². The molecule has 1 aliphatic carbocycles. The first kappa shape index (κ1) is 28.7. The maximum absolute atomic E-state index is 13.2. The Balaban J connectivity index is 1.47. The zero-order valence-corrected chi connectivity index (χ0v) is 22.7. The fourth-order valence-electron chi connectivity index (χ4n) is 4.09. The summed E-state index contributed by atoms with van der Waals surface area (Å²) in [6.07, 6.45) is 0.814. The van der Waals surface area contributed by atoms with Crippen molar-refractivity contribution >= 4 is 34.9 Å². The van der Waals surface area contributed by atoms with Gasteiger partial charge in [0.1, 0.15) is 11.2 Å². The lowest BCUT2D eigenvalue weighted by molar-refractivity contribution is -0.211. The van der Waals surface area contributed by atoms with Gasteiger partial charge in [-0.1, -0.05) is 23.7 Å². The molecule has 1 fully saturated rings. The lowest BCUT2D eigenvalue weighted by atomic mass is 9.91. The molecule has 1 amide bonds. The van der Waals surface area contributed by atoms with Gasteiger partial charge in [-0.15, -0.1) is 0 Å². The fourth-order valence-corrected chi connectivity index (χ4v) is 4.31. The molecule has 1 atom stereocenters. The van der Waals surface area contributed by atoms with E-state index in [1.54, 1.807) is 18.2 Å². The smallest absolute Gasteiger partial charge is 0.402 e. The van der Waals surface area contributed by atoms with Crippen LogP contribution in [0.4, 0.5) is 13.2 Å². The fraction of sp³-hybridized carbons (Fsp3) is 0.414. The third-order valence-corrected chi connectivity index (χ3v) is 7.34. The quantitative estimate of drug-likeness (QED) is 0.356. The Morgan fingerprint density at radius 2 is 1.85 bits per heavy atom. The number of nitrogens with one attached hydrogen (secondary N) is 1. The minimum absolute atomic E-state index is 0.132. The van der Waals surface area contributed by atoms with E-state index in [0.29, 0.717) is 46.3 Å². The normalized spacial score (nSPS) is 21.3. The molecule has 2 aromatic carbocycles. The predicted molar refractivity (Wildman–Crippen MR) is 146 cm³/mol. The molecule has 4 rings (SSSR count). The number of amides is 1. The number of ether oxygens (including phenoxy) is 1. The van der Waals surface area contributed by atoms with Gasteiger partial charge >= 0.3 is 12.2 Å². The first-order valence-electron chi connectivity index (χ1n) is 12.8. The number of amidine groups is 1. The summed E-state index contributed by atoms with van der Waals surface area (Å²) >= 11 is 6.39. The molecule has 1 aliphatic heterocycles. The Hall–Kier alpha value is -3.33. The zero-order chi connectivity index (χ0) is 28.4. The van der Waals surface area contributed by atoms with Crippen LogP contribution in [-0.2, 0) is 11.3 Å². The van der Waals surface area contributed by atoms with E-state index < -0.39 is 23.5 Å². The summed E-state index contributed by atoms with van der Waals surface area (Å²) in [5.74, 6) is 0.284. The van der Waals surface area contributed by atoms with Crippen molar-refractivity contribution in [3.05, 3.63) is 70.3 Å². The van der Waals surface area contributed by atoms with E-state index >= 15 is 0 Å². The summed E-state index contributed by atoms with van der Waals surface area (Å²) in [5, 5.41) is 13.2. The second kappa shape index (κ2) is 11.4. The molecule has 0 bridgehead atoms. The highest BCUT2D eigenvalue weighted by Gasteiger charge is 2.52. The van der Waals surface area contributed by atoms with Gasteiger partial charge in [-0.3, -0.25) is 4.79 Å². The molecule has 1 saturated carbocycles. The molecule has 0 radical (unpaired) electrons. The second-order valence-corrected chi connectivity index (χ2v) is 10.8. The van der Waals surface area contributed by atoms with Crippen LogP contribution >= 0.6 is 11.6 Å². The van der Waals surface area contributed by atoms with E-state index in [2.05, 4.69) is 22.2 Å². The number of hydrogen-bond acceptors (Lipinski definition) is 4. The van der Waals surface area contributed by atoms with Gasteiger partial charge in [-0.25, -0.2) is 0 Å². The Morgan fingerprint density at radius 3 is 2.49 bits per heavy atom. The monoisotopic (exact) mass is 561 g/mol. The molecular weight excluding hydrogens is 531 g/mol. The highest BCUT2D eigenvalue weighted by molar-refractivity contribution is 6.32. The van der Waals surface area contributed by atoms with Crippen LogP contribution in [0, 0.1) is 11.3 Å². The topological polar surface area (TPSA) is 83.3 Å². The third-order valence-electron chi connectivity index (χ3n) is 7.01. The van der Waals surface area contributed by atoms with E-state index in [4.69, 9.17) is 16.3 Å². The minimum Gasteiger partial charge on any atom is -0.490 e. The van der Waals surface area contributed by atoms with Gasteiger partial charge in [-0.05, 0) is 99.9 Å². The first-order valence-corrected chi connectivity index (χ1v) is 13.2. The Bertz CT molecular complexity index is 1310. The van der Waals surface area contributed by atoms with Gasteiger partial charge < -0.3 is 15.2 Å². The number of carbonyl (C=O) groups excluding carboxylic acids is 1. The van der Waals surface area contributed by atoms with E-state index in [1.165, 1.54) is 12.8 Å². The molecule has 2 aliphatic rings. The largest absolute Gasteiger partial charge is 0.490 e. The number of carbonyl (C=O) groups is 1. The molecule has 2 N–H and O–H groups in total. The van der Waals surface area contributed by atoms with E-state index in [1.807, 2.05) is 30.3 Å². The molecular formula is C29H31ClF3N3O3. The lowest BCUT2D eigenvalue weighted by Crippen LogP contribution is -2.46. The molecule has 208 valence electrons. The van der Waals surface area contributed by atoms with Gasteiger partial charge in [0.15, 0.2) is 0 Å². The summed E-state index contributed by atoms with van der Waals surface area (Å²) in [5.41, 5.74) is 0.358. The molecule has 39 heavy (non-hydrogen) atoms. The third kappa shape index (κ3) is 7.01. The summed E-state index contributed by atoms with van der Waals surface area (Å²) in [6, 6.07) is 12.0. The number of aliphatic hydroxyl groups is 1. The van der Waals surface area contributed by atoms with Crippen LogP contribution in [0.3, 0.4) is 0 Å². The van der Waals surface area contributed by atoms with Gasteiger partial charge in [0.05, 0.1) is 17.5 Å². The van der Waals surface area contributed by atoms with Crippen molar-refractivity contribution in [2.24, 2.45) is 21.3 Å². The Morgan fingerprint density at radius 1 is 1.15 bits per heavy atom. The average molecular weight is 562 g/mol. The van der Waals surface area contributed by atoms with Crippen LogP contribution in [0.2, 0.25) is 5.02 Å². The van der Waals surface area contributed by atoms with E-state index in [0.717, 1.165) is 25.2 Å². The Kier molecular flexibility index (Phi) is 8.39. The maximum Gasteiger partial charge on any atom is 0.402 e. The number of allylic oxidation sites excluding steroid dienone is 1. The Labute approximate surface area is 230 Å². The van der Waals surface area contributed by atoms with Crippen molar-refractivity contribution < 1.29 is 27.8 Å². The van der Waals surface area contributed by atoms with Crippen molar-refractivity contribution in [1.29, 1.82) is 0 Å². The average Bonchev–Trinajstić information content (AvgIpc) is 3.71. The van der Waals surface area contributed by atoms with Crippen LogP contribution < -0.4 is 10.1 Å². The highest BCUT2D eigenvalue weighted by Crippen LogP contribution is 2.38. The number of aliphatic hydroxyl groups excluding tert-OH is 1. The molecule has 2 aromatic rings. The summed E-state index contributed by atoms with van der Waals surface area (Å²) < 4.78 is 45.5. The molecule has 0 saturated heterocycles. The number of aliphatic imine (C=N–C) groups is 2. The molecule has 10 heteroatoms. The van der Waals surface area contributed by atoms with Crippen molar-refractivity contribution in [2.75, 3.05) is 0 Å². The van der Waals surface area contributed by atoms with Crippen molar-refractivity contribution in [3.8, 4) is 5.75 Å². The van der Waals surface area contributed by atoms with Gasteiger partial charge in [0.2, 0.25) is 5.91 Å². The lowest BCUT2D eigenvalue weighted by Gasteiger charge is -2.26. The number of benzene rings is 2. The predicted octanol–water partition coefficient (Wildman–Crippen LogP) is 7.26. The molecule has 0 spiro atoms. The standard InChI is InChI=1S/C29H31ClF3N3O3/c1-17(19-8-9-19)39-21-12-10-20(11-13-21)24-5-4-6-25(36-27(38)35-24)22-15-18(7-14-23(22)30)16-34-26(37)28(2,3)29(31,32)33/h6-7,10-15,17,19H,4-5,8-9,16H2,1-3H3,(H,34,37)(H,36,38)/b25-6+,35-24+. The summed E-state index contributed by atoms with van der Waals surface area (Å²) in [4.78, 5) is 20.7. The summed E-state index contributed by atoms with van der Waals surface area (Å²) in [6.45, 7) is 3.61. The van der Waals surface area contributed by atoms with Crippen molar-refractivity contribution in [2.45, 2.75) is 65.3 Å². The number of alkyl halides is 3. The number of nitrogens with zero attached hydrogens (tertiary/aromatic N) is 2. The highest BCUT2D eigenvalue weighted by atomic mass is 35.5. The van der Waals surface area contributed by atoms with Crippen LogP contribution in [0.25, 0.3) is 5.70 Å². The van der Waals surface area contributed by atoms with Gasteiger partial charge in [0, 0.05) is 17.1 Å². The summed E-state index contributed by atoms with van der Waals surface area (Å²) in [7, 11) is 0. The number of halogens is 4. The van der Waals surface area contributed by atoms with Gasteiger partial charge in [-0.2, -0.15) is 23.2 Å². The van der Waals surface area contributed by atoms with Crippen LogP contribution in [0.15, 0.2) is 58.5 Å². The zero-order valence-electron chi connectivity index (χ0n) is 22.0. The van der Waals surface area contributed by atoms with Crippen LogP contribution in [0.1, 0.15) is 63.1 Å². The van der Waals surface area contributed by atoms with E-state index in [-0.39, 0.29) is 12.6 Å². The molecule has 0 aromatic heterocycles. The van der Waals surface area contributed by atoms with E-state index in [9.17, 15) is 23.1 Å². The van der Waals surface area contributed by atoms with Crippen LogP contribution in [0.5, 0.6) is 5.75 Å². The maximum atomic E-state index is 13.2. The number of rotatable bonds is 8. The van der Waals surface area contributed by atoms with Gasteiger partial charge in [0.25, 0.3) is 0 Å². The van der Waals surface area contributed by atoms with Crippen molar-refractivity contribution in [3.63, 3.8) is 0 Å². The molecule has 6 nitrogen and oxygen atoms in total. The first-order chi connectivity index (χ1) is 18.3. The van der Waals surface area contributed by atoms with Crippen LogP contribution in [-0.4, -0.2) is 35.0 Å². The second-order valence-electron chi connectivity index (χ2n) is 10.4. The SMILES string of the molecule is CC(Oc1ccc(/C2=N/C(O)=N\C(c3cc(CNC(=O)C(C)(C)C(F)(F)F)ccc3Cl)=C\CC2)cc1)C1CC1.